The first-order chi connectivity index (χ1) is 11.8. The number of nitrogens with zero attached hydrogens (tertiary/aromatic N) is 1. The van der Waals surface area contributed by atoms with Crippen LogP contribution in [-0.4, -0.2) is 66.5 Å². The number of benzene rings is 1. The number of fused-ring (bicyclic) bond motifs is 1. The van der Waals surface area contributed by atoms with Crippen molar-refractivity contribution in [2.75, 3.05) is 33.9 Å². The topological polar surface area (TPSA) is 108 Å². The van der Waals surface area contributed by atoms with Gasteiger partial charge in [0.1, 0.15) is 18.0 Å². The smallest absolute Gasteiger partial charge is 0.274 e. The molecule has 8 nitrogen and oxygen atoms in total. The van der Waals surface area contributed by atoms with E-state index in [1.807, 2.05) is 0 Å². The lowest BCUT2D eigenvalue weighted by Gasteiger charge is -2.32. The van der Waals surface area contributed by atoms with Crippen LogP contribution in [0.15, 0.2) is 18.2 Å². The summed E-state index contributed by atoms with van der Waals surface area (Å²) in [4.78, 5) is 25.8. The van der Waals surface area contributed by atoms with Crippen LogP contribution in [0.2, 0.25) is 0 Å². The van der Waals surface area contributed by atoms with E-state index in [0.717, 1.165) is 0 Å². The molecule has 2 atom stereocenters. The third-order valence-corrected chi connectivity index (χ3v) is 4.43. The summed E-state index contributed by atoms with van der Waals surface area (Å²) in [5.74, 6) is -1.13. The van der Waals surface area contributed by atoms with Gasteiger partial charge in [0.05, 0.1) is 12.5 Å². The summed E-state index contributed by atoms with van der Waals surface area (Å²) < 4.78 is 10.6. The second-order valence-electron chi connectivity index (χ2n) is 6.42. The second-order valence-corrected chi connectivity index (χ2v) is 6.42. The van der Waals surface area contributed by atoms with Crippen LogP contribution in [0.5, 0.6) is 5.75 Å². The zero-order valence-corrected chi connectivity index (χ0v) is 14.6. The van der Waals surface area contributed by atoms with Crippen molar-refractivity contribution in [1.29, 1.82) is 0 Å². The average molecular weight is 352 g/mol. The van der Waals surface area contributed by atoms with E-state index in [2.05, 4.69) is 0 Å². The maximum atomic E-state index is 12.8. The van der Waals surface area contributed by atoms with E-state index in [0.29, 0.717) is 24.5 Å². The molecule has 0 aromatic heterocycles. The fourth-order valence-corrected chi connectivity index (χ4v) is 2.79. The molecular formula is C17H24N2O6. The molecule has 8 heteroatoms. The summed E-state index contributed by atoms with van der Waals surface area (Å²) in [5.41, 5.74) is 1.14. The molecule has 0 bridgehead atoms. The number of ether oxygens (including phenoxy) is 2. The highest BCUT2D eigenvalue weighted by atomic mass is 16.5. The van der Waals surface area contributed by atoms with Crippen molar-refractivity contribution in [2.45, 2.75) is 18.9 Å². The molecular weight excluding hydrogens is 328 g/mol. The molecule has 1 aromatic rings. The monoisotopic (exact) mass is 352 g/mol. The van der Waals surface area contributed by atoms with Crippen LogP contribution in [0.4, 0.5) is 0 Å². The van der Waals surface area contributed by atoms with Crippen molar-refractivity contribution in [2.24, 2.45) is 5.92 Å². The van der Waals surface area contributed by atoms with Gasteiger partial charge in [0, 0.05) is 26.3 Å². The van der Waals surface area contributed by atoms with Crippen LogP contribution >= 0.6 is 0 Å². The lowest BCUT2D eigenvalue weighted by molar-refractivity contribution is -0.145. The number of methoxy groups -OCH3 is 1. The predicted octanol–water partition coefficient (Wildman–Crippen LogP) is 0.213. The molecule has 25 heavy (non-hydrogen) atoms. The van der Waals surface area contributed by atoms with Crippen LogP contribution in [-0.2, 0) is 16.0 Å². The zero-order valence-electron chi connectivity index (χ0n) is 14.6. The standard InChI is InChI=1S/C17H24N2O6/c1-17(22)10-25-14-9-12(15(20)18-23)5-4-11(14)8-13(17)16(21)19(2)6-7-24-3/h4-5,9,13,22-23H,6-8,10H2,1-3H3,(H,18,20)/t13?,17-/m1/s1. The number of carbonyl (C=O) groups is 2. The van der Waals surface area contributed by atoms with Gasteiger partial charge < -0.3 is 19.5 Å². The van der Waals surface area contributed by atoms with Gasteiger partial charge in [0.2, 0.25) is 5.91 Å². The number of hydroxylamine groups is 1. The molecule has 0 saturated heterocycles. The number of hydrogen-bond acceptors (Lipinski definition) is 6. The maximum absolute atomic E-state index is 12.8. The van der Waals surface area contributed by atoms with Gasteiger partial charge in [0.25, 0.3) is 5.91 Å². The molecule has 1 aliphatic heterocycles. The van der Waals surface area contributed by atoms with Gasteiger partial charge in [-0.05, 0) is 31.0 Å². The zero-order chi connectivity index (χ0) is 18.6. The van der Waals surface area contributed by atoms with Crippen molar-refractivity contribution in [3.05, 3.63) is 29.3 Å². The number of aliphatic hydroxyl groups is 1. The van der Waals surface area contributed by atoms with Gasteiger partial charge in [-0.2, -0.15) is 0 Å². The summed E-state index contributed by atoms with van der Waals surface area (Å²) >= 11 is 0. The summed E-state index contributed by atoms with van der Waals surface area (Å²) in [6.45, 7) is 2.31. The Kier molecular flexibility index (Phi) is 5.99. The summed E-state index contributed by atoms with van der Waals surface area (Å²) in [7, 11) is 3.23. The molecule has 0 spiro atoms. The Balaban J connectivity index is 2.28. The van der Waals surface area contributed by atoms with Gasteiger partial charge in [-0.1, -0.05) is 6.07 Å². The summed E-state index contributed by atoms with van der Waals surface area (Å²) in [6, 6.07) is 4.68. The van der Waals surface area contributed by atoms with Gasteiger partial charge in [-0.15, -0.1) is 0 Å². The SMILES string of the molecule is COCCN(C)C(=O)C1Cc2ccc(C(=O)NO)cc2OC[C@@]1(C)O. The van der Waals surface area contributed by atoms with E-state index in [1.54, 1.807) is 32.6 Å². The molecule has 3 N–H and O–H groups in total. The van der Waals surface area contributed by atoms with Gasteiger partial charge in [-0.3, -0.25) is 14.8 Å². The van der Waals surface area contributed by atoms with Gasteiger partial charge >= 0.3 is 0 Å². The average Bonchev–Trinajstić information content (AvgIpc) is 2.74. The van der Waals surface area contributed by atoms with E-state index in [9.17, 15) is 14.7 Å². The van der Waals surface area contributed by atoms with Crippen LogP contribution in [0, 0.1) is 5.92 Å². The fourth-order valence-electron chi connectivity index (χ4n) is 2.79. The lowest BCUT2D eigenvalue weighted by atomic mass is 9.84. The first kappa shape index (κ1) is 19.2. The van der Waals surface area contributed by atoms with Crippen LogP contribution < -0.4 is 10.2 Å². The lowest BCUT2D eigenvalue weighted by Crippen LogP contribution is -2.49. The summed E-state index contributed by atoms with van der Waals surface area (Å²) in [5, 5.41) is 19.5. The number of amides is 2. The third-order valence-electron chi connectivity index (χ3n) is 4.43. The van der Waals surface area contributed by atoms with E-state index in [1.165, 1.54) is 17.0 Å². The van der Waals surface area contributed by atoms with Crippen molar-refractivity contribution in [1.82, 2.24) is 10.4 Å². The molecule has 0 radical (unpaired) electrons. The first-order valence-corrected chi connectivity index (χ1v) is 7.96. The highest BCUT2D eigenvalue weighted by molar-refractivity contribution is 5.94. The Bertz CT molecular complexity index is 646. The molecule has 138 valence electrons. The van der Waals surface area contributed by atoms with Gasteiger partial charge in [-0.25, -0.2) is 5.48 Å². The number of rotatable bonds is 5. The molecule has 1 aromatic carbocycles. The highest BCUT2D eigenvalue weighted by Crippen LogP contribution is 2.33. The minimum atomic E-state index is -1.36. The Morgan fingerprint density at radius 3 is 2.84 bits per heavy atom. The highest BCUT2D eigenvalue weighted by Gasteiger charge is 2.42. The normalized spacial score (nSPS) is 22.4. The van der Waals surface area contributed by atoms with Gasteiger partial charge in [0.15, 0.2) is 0 Å². The molecule has 1 heterocycles. The first-order valence-electron chi connectivity index (χ1n) is 7.96. The second kappa shape index (κ2) is 7.81. The third kappa shape index (κ3) is 4.28. The van der Waals surface area contributed by atoms with Crippen molar-refractivity contribution in [3.63, 3.8) is 0 Å². The van der Waals surface area contributed by atoms with Crippen LogP contribution in [0.3, 0.4) is 0 Å². The quantitative estimate of drug-likeness (QED) is 0.516. The van der Waals surface area contributed by atoms with E-state index in [4.69, 9.17) is 14.7 Å². The minimum Gasteiger partial charge on any atom is -0.490 e. The van der Waals surface area contributed by atoms with Crippen molar-refractivity contribution < 1.29 is 29.4 Å². The minimum absolute atomic E-state index is 0.0846. The summed E-state index contributed by atoms with van der Waals surface area (Å²) in [6.07, 6.45) is 0.277. The van der Waals surface area contributed by atoms with Crippen molar-refractivity contribution in [3.8, 4) is 5.75 Å². The molecule has 1 aliphatic rings. The Morgan fingerprint density at radius 2 is 2.20 bits per heavy atom. The van der Waals surface area contributed by atoms with E-state index in [-0.39, 0.29) is 24.5 Å². The maximum Gasteiger partial charge on any atom is 0.274 e. The van der Waals surface area contributed by atoms with Crippen LogP contribution in [0.1, 0.15) is 22.8 Å². The molecule has 0 aliphatic carbocycles. The number of nitrogens with one attached hydrogen (secondary N) is 1. The van der Waals surface area contributed by atoms with E-state index < -0.39 is 17.4 Å². The molecule has 0 fully saturated rings. The number of hydrogen-bond donors (Lipinski definition) is 3. The Morgan fingerprint density at radius 1 is 1.48 bits per heavy atom. The molecule has 0 saturated carbocycles. The largest absolute Gasteiger partial charge is 0.490 e. The Hall–Kier alpha value is -2.16. The predicted molar refractivity (Wildman–Crippen MR) is 88.5 cm³/mol. The molecule has 2 rings (SSSR count). The van der Waals surface area contributed by atoms with E-state index >= 15 is 0 Å². The van der Waals surface area contributed by atoms with Crippen LogP contribution in [0.25, 0.3) is 0 Å². The molecule has 2 amide bonds. The van der Waals surface area contributed by atoms with Crippen molar-refractivity contribution >= 4 is 11.8 Å². The fraction of sp³-hybridized carbons (Fsp3) is 0.529. The number of likely N-dealkylation sites (N-methyl/N-ethyl adjacent to an activating group) is 1. The number of carbonyl (C=O) groups excluding carboxylic acids is 2. The Labute approximate surface area is 146 Å². The molecule has 1 unspecified atom stereocenters.